The molecule has 5 unspecified atom stereocenters. The molecular formula is C17H28O6S. The van der Waals surface area contributed by atoms with Crippen molar-refractivity contribution in [2.24, 2.45) is 11.8 Å². The highest BCUT2D eigenvalue weighted by atomic mass is 32.2. The molecule has 1 saturated carbocycles. The zero-order chi connectivity index (χ0) is 17.9. The highest BCUT2D eigenvalue weighted by molar-refractivity contribution is 7.85. The average molecular weight is 360 g/mol. The van der Waals surface area contributed by atoms with Gasteiger partial charge in [0.15, 0.2) is 0 Å². The predicted molar refractivity (Wildman–Crippen MR) is 90.1 cm³/mol. The third-order valence-corrected chi connectivity index (χ3v) is 5.83. The summed E-state index contributed by atoms with van der Waals surface area (Å²) < 4.78 is 42.7. The topological polar surface area (TPSA) is 93.2 Å². The van der Waals surface area contributed by atoms with Gasteiger partial charge in [0.05, 0.1) is 24.1 Å². The van der Waals surface area contributed by atoms with Crippen molar-refractivity contribution in [1.82, 2.24) is 0 Å². The minimum Gasteiger partial charge on any atom is -0.459 e. The minimum atomic E-state index is -4.00. The van der Waals surface area contributed by atoms with E-state index in [2.05, 4.69) is 6.58 Å². The Bertz CT molecular complexity index is 570. The summed E-state index contributed by atoms with van der Waals surface area (Å²) in [6.45, 7) is 6.97. The summed E-state index contributed by atoms with van der Waals surface area (Å²) >= 11 is 0. The Balaban J connectivity index is 1.81. The quantitative estimate of drug-likeness (QED) is 0.294. The number of carbonyl (C=O) groups excluding carboxylic acids is 1. The summed E-state index contributed by atoms with van der Waals surface area (Å²) in [4.78, 5) is 11.5. The van der Waals surface area contributed by atoms with Crippen LogP contribution >= 0.6 is 0 Å². The van der Waals surface area contributed by atoms with Crippen LogP contribution in [0.3, 0.4) is 0 Å². The van der Waals surface area contributed by atoms with Crippen LogP contribution < -0.4 is 0 Å². The lowest BCUT2D eigenvalue weighted by molar-refractivity contribution is -0.143. The maximum atomic E-state index is 11.5. The van der Waals surface area contributed by atoms with Crippen molar-refractivity contribution in [1.29, 1.82) is 0 Å². The molecule has 0 bridgehead atoms. The number of hydrogen-bond acceptors (Lipinski definition) is 5. The molecule has 0 amide bonds. The van der Waals surface area contributed by atoms with Gasteiger partial charge in [-0.05, 0) is 64.2 Å². The first-order chi connectivity index (χ1) is 11.2. The summed E-state index contributed by atoms with van der Waals surface area (Å²) in [7, 11) is -4.00. The van der Waals surface area contributed by atoms with Gasteiger partial charge in [-0.1, -0.05) is 6.58 Å². The highest BCUT2D eigenvalue weighted by Crippen LogP contribution is 2.43. The summed E-state index contributed by atoms with van der Waals surface area (Å²) in [5.74, 6) is -0.408. The maximum absolute atomic E-state index is 11.5. The summed E-state index contributed by atoms with van der Waals surface area (Å²) in [6.07, 6.45) is 5.32. The molecule has 5 atom stereocenters. The molecular weight excluding hydrogens is 332 g/mol. The highest BCUT2D eigenvalue weighted by Gasteiger charge is 2.45. The zero-order valence-corrected chi connectivity index (χ0v) is 15.3. The lowest BCUT2D eigenvalue weighted by atomic mass is 9.78. The van der Waals surface area contributed by atoms with Crippen LogP contribution in [0.4, 0.5) is 0 Å². The van der Waals surface area contributed by atoms with Crippen molar-refractivity contribution >= 4 is 16.1 Å². The second-order valence-corrected chi connectivity index (χ2v) is 8.72. The molecule has 0 radical (unpaired) electrons. The average Bonchev–Trinajstić information content (AvgIpc) is 3.23. The van der Waals surface area contributed by atoms with Crippen molar-refractivity contribution in [3.8, 4) is 0 Å². The van der Waals surface area contributed by atoms with Gasteiger partial charge >= 0.3 is 5.97 Å². The van der Waals surface area contributed by atoms with E-state index in [9.17, 15) is 17.8 Å². The molecule has 1 N–H and O–H groups in total. The molecule has 1 aliphatic carbocycles. The molecule has 0 aromatic carbocycles. The molecule has 1 heterocycles. The minimum absolute atomic E-state index is 0.0748. The van der Waals surface area contributed by atoms with Crippen molar-refractivity contribution in [3.05, 3.63) is 12.2 Å². The van der Waals surface area contributed by atoms with Crippen LogP contribution in [0.25, 0.3) is 0 Å². The van der Waals surface area contributed by atoms with Gasteiger partial charge in [-0.15, -0.1) is 0 Å². The van der Waals surface area contributed by atoms with E-state index in [1.807, 2.05) is 6.92 Å². The fourth-order valence-corrected chi connectivity index (χ4v) is 4.58. The molecule has 0 aromatic rings. The van der Waals surface area contributed by atoms with E-state index < -0.39 is 16.1 Å². The van der Waals surface area contributed by atoms with Gasteiger partial charge in [-0.2, -0.15) is 8.42 Å². The Morgan fingerprint density at radius 2 is 2.04 bits per heavy atom. The Morgan fingerprint density at radius 3 is 2.62 bits per heavy atom. The van der Waals surface area contributed by atoms with Crippen molar-refractivity contribution in [2.75, 3.05) is 5.75 Å². The van der Waals surface area contributed by atoms with Gasteiger partial charge in [-0.25, -0.2) is 4.79 Å². The fourth-order valence-electron chi connectivity index (χ4n) is 3.60. The molecule has 138 valence electrons. The molecule has 24 heavy (non-hydrogen) atoms. The first-order valence-corrected chi connectivity index (χ1v) is 10.2. The van der Waals surface area contributed by atoms with Crippen LogP contribution in [0, 0.1) is 11.8 Å². The largest absolute Gasteiger partial charge is 0.459 e. The van der Waals surface area contributed by atoms with E-state index >= 15 is 0 Å². The standard InChI is InChI=1S/C17H28O6S/c1-11(2)17(18)22-12(3)5-4-6-14(10-24(19,20)21)13-7-8-15-16(9-13)23-15/h12-16H,1,4-10H2,2-3H3,(H,19,20,21). The van der Waals surface area contributed by atoms with E-state index in [1.165, 1.54) is 0 Å². The first kappa shape index (κ1) is 19.4. The normalized spacial score (nSPS) is 28.5. The summed E-state index contributed by atoms with van der Waals surface area (Å²) in [5.41, 5.74) is 0.368. The van der Waals surface area contributed by atoms with Crippen LogP contribution in [0.2, 0.25) is 0 Å². The predicted octanol–water partition coefficient (Wildman–Crippen LogP) is 2.74. The van der Waals surface area contributed by atoms with Crippen molar-refractivity contribution < 1.29 is 27.2 Å². The van der Waals surface area contributed by atoms with Crippen LogP contribution in [0.5, 0.6) is 0 Å². The van der Waals surface area contributed by atoms with Crippen molar-refractivity contribution in [3.63, 3.8) is 0 Å². The number of esters is 1. The fraction of sp³-hybridized carbons (Fsp3) is 0.824. The second-order valence-electron chi connectivity index (χ2n) is 7.22. The van der Waals surface area contributed by atoms with Gasteiger partial charge in [0.1, 0.15) is 0 Å². The van der Waals surface area contributed by atoms with E-state index in [4.69, 9.17) is 9.47 Å². The van der Waals surface area contributed by atoms with E-state index in [-0.39, 0.29) is 29.8 Å². The third kappa shape index (κ3) is 6.18. The number of rotatable bonds is 9. The Labute approximate surface area is 144 Å². The van der Waals surface area contributed by atoms with E-state index in [1.54, 1.807) is 6.92 Å². The molecule has 1 saturated heterocycles. The second kappa shape index (κ2) is 7.97. The maximum Gasteiger partial charge on any atom is 0.333 e. The summed E-state index contributed by atoms with van der Waals surface area (Å²) in [5, 5.41) is 0. The van der Waals surface area contributed by atoms with E-state index in [0.29, 0.717) is 24.5 Å². The zero-order valence-electron chi connectivity index (χ0n) is 14.4. The lowest BCUT2D eigenvalue weighted by Gasteiger charge is -2.28. The Kier molecular flexibility index (Phi) is 6.45. The molecule has 7 heteroatoms. The molecule has 2 aliphatic rings. The van der Waals surface area contributed by atoms with Crippen molar-refractivity contribution in [2.45, 2.75) is 70.7 Å². The lowest BCUT2D eigenvalue weighted by Crippen LogP contribution is -2.28. The first-order valence-electron chi connectivity index (χ1n) is 8.63. The SMILES string of the molecule is C=C(C)C(=O)OC(C)CCCC(CS(=O)(=O)O)C1CCC2OC2C1. The van der Waals surface area contributed by atoms with Gasteiger partial charge < -0.3 is 9.47 Å². The molecule has 2 rings (SSSR count). The molecule has 0 aromatic heterocycles. The molecule has 1 aliphatic heterocycles. The molecule has 0 spiro atoms. The monoisotopic (exact) mass is 360 g/mol. The van der Waals surface area contributed by atoms with Crippen LogP contribution in [-0.2, 0) is 24.4 Å². The smallest absolute Gasteiger partial charge is 0.333 e. The molecule has 6 nitrogen and oxygen atoms in total. The van der Waals surface area contributed by atoms with Gasteiger partial charge in [-0.3, -0.25) is 4.55 Å². The Morgan fingerprint density at radius 1 is 1.33 bits per heavy atom. The number of carbonyl (C=O) groups is 1. The summed E-state index contributed by atoms with van der Waals surface area (Å²) in [6, 6.07) is 0. The Hall–Kier alpha value is -0.920. The van der Waals surface area contributed by atoms with Crippen LogP contribution in [-0.4, -0.2) is 43.0 Å². The van der Waals surface area contributed by atoms with Crippen LogP contribution in [0.15, 0.2) is 12.2 Å². The third-order valence-electron chi connectivity index (χ3n) is 4.98. The number of epoxide rings is 1. The van der Waals surface area contributed by atoms with Gasteiger partial charge in [0.2, 0.25) is 0 Å². The molecule has 2 fully saturated rings. The number of hydrogen-bond donors (Lipinski definition) is 1. The number of fused-ring (bicyclic) bond motifs is 1. The van der Waals surface area contributed by atoms with Gasteiger partial charge in [0, 0.05) is 5.57 Å². The van der Waals surface area contributed by atoms with E-state index in [0.717, 1.165) is 25.7 Å². The number of ether oxygens (including phenoxy) is 2. The van der Waals surface area contributed by atoms with Gasteiger partial charge in [0.25, 0.3) is 10.1 Å². The van der Waals surface area contributed by atoms with Crippen LogP contribution in [0.1, 0.15) is 52.4 Å².